The summed E-state index contributed by atoms with van der Waals surface area (Å²) in [5.41, 5.74) is 1.43. The fourth-order valence-corrected chi connectivity index (χ4v) is 2.94. The predicted octanol–water partition coefficient (Wildman–Crippen LogP) is 3.71. The minimum Gasteiger partial charge on any atom is -0.360 e. The molecule has 0 bridgehead atoms. The molecule has 1 amide bonds. The third-order valence-electron chi connectivity index (χ3n) is 3.36. The van der Waals surface area contributed by atoms with E-state index in [1.165, 1.54) is 11.8 Å². The second kappa shape index (κ2) is 8.50. The lowest BCUT2D eigenvalue weighted by Crippen LogP contribution is -2.22. The van der Waals surface area contributed by atoms with E-state index in [2.05, 4.69) is 28.5 Å². The van der Waals surface area contributed by atoms with Crippen molar-refractivity contribution < 1.29 is 9.32 Å². The zero-order chi connectivity index (χ0) is 17.5. The lowest BCUT2D eigenvalue weighted by Gasteiger charge is -2.11. The van der Waals surface area contributed by atoms with Crippen molar-refractivity contribution in [3.8, 4) is 6.07 Å². The minimum absolute atomic E-state index is 0.210. The normalized spacial score (nSPS) is 11.8. The highest BCUT2D eigenvalue weighted by Gasteiger charge is 2.19. The molecular formula is C17H20N4O2S. The molecule has 7 heteroatoms. The van der Waals surface area contributed by atoms with Crippen molar-refractivity contribution in [1.29, 1.82) is 5.26 Å². The van der Waals surface area contributed by atoms with Crippen LogP contribution < -0.4 is 5.32 Å². The fraction of sp³-hybridized carbons (Fsp3) is 0.412. The molecular weight excluding hydrogens is 324 g/mol. The van der Waals surface area contributed by atoms with E-state index in [0.29, 0.717) is 22.2 Å². The summed E-state index contributed by atoms with van der Waals surface area (Å²) < 4.78 is 4.93. The fourth-order valence-electron chi connectivity index (χ4n) is 2.02. The van der Waals surface area contributed by atoms with Gasteiger partial charge in [0.15, 0.2) is 5.82 Å². The lowest BCUT2D eigenvalue weighted by atomic mass is 10.2. The molecule has 6 nitrogen and oxygen atoms in total. The van der Waals surface area contributed by atoms with Gasteiger partial charge in [-0.25, -0.2) is 4.98 Å². The van der Waals surface area contributed by atoms with Crippen LogP contribution in [0.2, 0.25) is 0 Å². The third kappa shape index (κ3) is 4.83. The van der Waals surface area contributed by atoms with Gasteiger partial charge in [0.05, 0.1) is 10.8 Å². The zero-order valence-corrected chi connectivity index (χ0v) is 14.8. The summed E-state index contributed by atoms with van der Waals surface area (Å²) in [5.74, 6) is 0.802. The van der Waals surface area contributed by atoms with E-state index >= 15 is 0 Å². The van der Waals surface area contributed by atoms with Gasteiger partial charge in [-0.05, 0) is 38.8 Å². The molecule has 0 aromatic carbocycles. The number of aromatic nitrogens is 2. The Morgan fingerprint density at radius 2 is 2.29 bits per heavy atom. The summed E-state index contributed by atoms with van der Waals surface area (Å²) in [6, 6.07) is 7.43. The first kappa shape index (κ1) is 18.0. The van der Waals surface area contributed by atoms with Crippen molar-refractivity contribution in [3.05, 3.63) is 35.2 Å². The van der Waals surface area contributed by atoms with Crippen molar-refractivity contribution in [1.82, 2.24) is 10.1 Å². The van der Waals surface area contributed by atoms with Gasteiger partial charge < -0.3 is 9.84 Å². The van der Waals surface area contributed by atoms with Crippen LogP contribution in [-0.4, -0.2) is 21.3 Å². The lowest BCUT2D eigenvalue weighted by molar-refractivity contribution is -0.115. The molecule has 0 saturated carbocycles. The number of nitrogens with zero attached hydrogens (tertiary/aromatic N) is 3. The number of carbonyl (C=O) groups is 1. The SMILES string of the molecule is CCCCc1ccc(C#N)c(SC(C)C(=O)Nc2cc(C)on2)n1. The van der Waals surface area contributed by atoms with Gasteiger partial charge in [0, 0.05) is 11.8 Å². The molecule has 126 valence electrons. The first-order valence-electron chi connectivity index (χ1n) is 7.84. The summed E-state index contributed by atoms with van der Waals surface area (Å²) in [7, 11) is 0. The van der Waals surface area contributed by atoms with Gasteiger partial charge in [-0.2, -0.15) is 5.26 Å². The van der Waals surface area contributed by atoms with E-state index < -0.39 is 5.25 Å². The molecule has 0 radical (unpaired) electrons. The van der Waals surface area contributed by atoms with Crippen LogP contribution in [0.5, 0.6) is 0 Å². The van der Waals surface area contributed by atoms with Gasteiger partial charge in [0.25, 0.3) is 0 Å². The maximum Gasteiger partial charge on any atom is 0.238 e. The van der Waals surface area contributed by atoms with E-state index in [1.54, 1.807) is 26.0 Å². The van der Waals surface area contributed by atoms with Crippen LogP contribution in [0.15, 0.2) is 27.7 Å². The Balaban J connectivity index is 2.07. The highest BCUT2D eigenvalue weighted by atomic mass is 32.2. The number of carbonyl (C=O) groups excluding carboxylic acids is 1. The van der Waals surface area contributed by atoms with E-state index in [1.807, 2.05) is 6.07 Å². The van der Waals surface area contributed by atoms with Crippen molar-refractivity contribution in [2.45, 2.75) is 50.3 Å². The summed E-state index contributed by atoms with van der Waals surface area (Å²) in [6.07, 6.45) is 3.00. The number of nitriles is 1. The van der Waals surface area contributed by atoms with Gasteiger partial charge in [-0.3, -0.25) is 4.79 Å². The number of nitrogens with one attached hydrogen (secondary N) is 1. The molecule has 2 heterocycles. The Kier molecular flexibility index (Phi) is 6.38. The number of hydrogen-bond acceptors (Lipinski definition) is 6. The smallest absolute Gasteiger partial charge is 0.238 e. The predicted molar refractivity (Wildman–Crippen MR) is 92.8 cm³/mol. The molecule has 0 aliphatic carbocycles. The first-order valence-corrected chi connectivity index (χ1v) is 8.72. The number of unbranched alkanes of at least 4 members (excludes halogenated alkanes) is 1. The van der Waals surface area contributed by atoms with E-state index in [-0.39, 0.29) is 5.91 Å². The van der Waals surface area contributed by atoms with Crippen LogP contribution in [0.3, 0.4) is 0 Å². The number of aryl methyl sites for hydroxylation is 2. The number of amides is 1. The molecule has 2 aromatic heterocycles. The Labute approximate surface area is 145 Å². The Morgan fingerprint density at radius 1 is 1.50 bits per heavy atom. The standard InChI is InChI=1S/C17H20N4O2S/c1-4-5-6-14-8-7-13(10-18)17(19-14)24-12(3)16(22)20-15-9-11(2)23-21-15/h7-9,12H,4-6H2,1-3H3,(H,20,21,22). The molecule has 2 rings (SSSR count). The van der Waals surface area contributed by atoms with E-state index in [0.717, 1.165) is 25.0 Å². The quantitative estimate of drug-likeness (QED) is 0.770. The second-order valence-electron chi connectivity index (χ2n) is 5.44. The summed E-state index contributed by atoms with van der Waals surface area (Å²) in [4.78, 5) is 16.8. The first-order chi connectivity index (χ1) is 11.5. The summed E-state index contributed by atoms with van der Waals surface area (Å²) in [6.45, 7) is 5.65. The van der Waals surface area contributed by atoms with Gasteiger partial charge in [0.1, 0.15) is 16.9 Å². The van der Waals surface area contributed by atoms with Crippen LogP contribution in [0, 0.1) is 18.3 Å². The van der Waals surface area contributed by atoms with Gasteiger partial charge >= 0.3 is 0 Å². The average molecular weight is 344 g/mol. The van der Waals surface area contributed by atoms with Crippen LogP contribution in [0.25, 0.3) is 0 Å². The van der Waals surface area contributed by atoms with Gasteiger partial charge in [-0.15, -0.1) is 0 Å². The Hall–Kier alpha value is -2.33. The van der Waals surface area contributed by atoms with Gasteiger partial charge in [-0.1, -0.05) is 30.3 Å². The molecule has 0 spiro atoms. The molecule has 0 aliphatic rings. The zero-order valence-electron chi connectivity index (χ0n) is 14.0. The molecule has 1 atom stereocenters. The Morgan fingerprint density at radius 3 is 2.92 bits per heavy atom. The largest absolute Gasteiger partial charge is 0.360 e. The highest BCUT2D eigenvalue weighted by Crippen LogP contribution is 2.26. The molecule has 0 saturated heterocycles. The van der Waals surface area contributed by atoms with Gasteiger partial charge in [0.2, 0.25) is 5.91 Å². The molecule has 1 N–H and O–H groups in total. The van der Waals surface area contributed by atoms with Crippen LogP contribution in [0.4, 0.5) is 5.82 Å². The van der Waals surface area contributed by atoms with Crippen molar-refractivity contribution in [2.75, 3.05) is 5.32 Å². The maximum atomic E-state index is 12.3. The summed E-state index contributed by atoms with van der Waals surface area (Å²) in [5, 5.41) is 15.9. The van der Waals surface area contributed by atoms with E-state index in [4.69, 9.17) is 4.52 Å². The third-order valence-corrected chi connectivity index (χ3v) is 4.46. The molecule has 1 unspecified atom stereocenters. The number of rotatable bonds is 7. The van der Waals surface area contributed by atoms with Crippen LogP contribution >= 0.6 is 11.8 Å². The van der Waals surface area contributed by atoms with E-state index in [9.17, 15) is 10.1 Å². The van der Waals surface area contributed by atoms with Crippen molar-refractivity contribution >= 4 is 23.5 Å². The molecule has 0 fully saturated rings. The van der Waals surface area contributed by atoms with Crippen LogP contribution in [-0.2, 0) is 11.2 Å². The van der Waals surface area contributed by atoms with Crippen molar-refractivity contribution in [3.63, 3.8) is 0 Å². The maximum absolute atomic E-state index is 12.3. The monoisotopic (exact) mass is 344 g/mol. The molecule has 24 heavy (non-hydrogen) atoms. The average Bonchev–Trinajstić information content (AvgIpc) is 2.98. The number of thioether (sulfide) groups is 1. The topological polar surface area (TPSA) is 91.8 Å². The molecule has 0 aliphatic heterocycles. The molecule has 2 aromatic rings. The summed E-state index contributed by atoms with van der Waals surface area (Å²) >= 11 is 1.27. The number of hydrogen-bond donors (Lipinski definition) is 1. The second-order valence-corrected chi connectivity index (χ2v) is 6.77. The number of anilines is 1. The minimum atomic E-state index is -0.414. The Bertz CT molecular complexity index is 751. The van der Waals surface area contributed by atoms with Crippen LogP contribution in [0.1, 0.15) is 43.7 Å². The number of pyridine rings is 1. The highest BCUT2D eigenvalue weighted by molar-refractivity contribution is 8.00. The van der Waals surface area contributed by atoms with Crippen molar-refractivity contribution in [2.24, 2.45) is 0 Å².